The van der Waals surface area contributed by atoms with Gasteiger partial charge in [-0.1, -0.05) is 82.9 Å². The summed E-state index contributed by atoms with van der Waals surface area (Å²) in [5.74, 6) is 2.02. The van der Waals surface area contributed by atoms with Gasteiger partial charge >= 0.3 is 0 Å². The van der Waals surface area contributed by atoms with Crippen molar-refractivity contribution >= 4 is 17.7 Å². The standard InChI is InChI=1S/C29H50N2O3S/c1-3-4-5-6-7-8-9-10-11-12-13-14-15-16-17-18-21-35-24-26(30)29(33)31-23-25-19-20-27(32)28(22-25)34-2/h10-11,19-20,22,26,32H,3-9,12-18,21,23-24,30H2,1-2H3,(H,31,33)/b11-10-/t26-/m0/s1. The summed E-state index contributed by atoms with van der Waals surface area (Å²) in [6.45, 7) is 2.63. The first kappa shape index (κ1) is 31.4. The molecule has 0 saturated heterocycles. The Balaban J connectivity index is 1.92. The van der Waals surface area contributed by atoms with E-state index in [-0.39, 0.29) is 11.7 Å². The monoisotopic (exact) mass is 506 g/mol. The minimum absolute atomic E-state index is 0.0851. The molecule has 5 nitrogen and oxygen atoms in total. The number of benzene rings is 1. The number of hydrogen-bond acceptors (Lipinski definition) is 5. The zero-order chi connectivity index (χ0) is 25.6. The minimum atomic E-state index is -0.506. The maximum Gasteiger partial charge on any atom is 0.238 e. The molecular weight excluding hydrogens is 456 g/mol. The van der Waals surface area contributed by atoms with E-state index in [1.807, 2.05) is 0 Å². The molecule has 6 heteroatoms. The topological polar surface area (TPSA) is 84.6 Å². The van der Waals surface area contributed by atoms with E-state index in [1.165, 1.54) is 97.0 Å². The molecule has 1 aromatic carbocycles. The molecule has 0 heterocycles. The lowest BCUT2D eigenvalue weighted by molar-refractivity contribution is -0.122. The number of nitrogens with one attached hydrogen (secondary N) is 1. The van der Waals surface area contributed by atoms with E-state index in [4.69, 9.17) is 10.5 Å². The fourth-order valence-corrected chi connectivity index (χ4v) is 4.87. The third-order valence-electron chi connectivity index (χ3n) is 6.15. The maximum absolute atomic E-state index is 12.2. The Morgan fingerprint density at radius 3 is 2.23 bits per heavy atom. The van der Waals surface area contributed by atoms with Crippen molar-refractivity contribution in [3.05, 3.63) is 35.9 Å². The molecule has 35 heavy (non-hydrogen) atoms. The zero-order valence-corrected chi connectivity index (χ0v) is 23.1. The van der Waals surface area contributed by atoms with Crippen molar-refractivity contribution in [1.82, 2.24) is 5.32 Å². The second-order valence-corrected chi connectivity index (χ2v) is 10.5. The Labute approximate surface area is 218 Å². The molecule has 1 atom stereocenters. The quantitative estimate of drug-likeness (QED) is 0.115. The SMILES string of the molecule is CCCCCCCC/C=C\CCCCCCCCSC[C@H](N)C(=O)NCc1ccc(O)c(OC)c1. The van der Waals surface area contributed by atoms with Crippen LogP contribution in [0.25, 0.3) is 0 Å². The number of unbranched alkanes of at least 4 members (excludes halogenated alkanes) is 12. The Morgan fingerprint density at radius 1 is 1.00 bits per heavy atom. The van der Waals surface area contributed by atoms with Crippen molar-refractivity contribution in [3.8, 4) is 11.5 Å². The number of allylic oxidation sites excluding steroid dienone is 2. The molecule has 4 N–H and O–H groups in total. The average molecular weight is 507 g/mol. The fourth-order valence-electron chi connectivity index (χ4n) is 3.89. The van der Waals surface area contributed by atoms with Crippen LogP contribution in [0.1, 0.15) is 102 Å². The number of carbonyl (C=O) groups is 1. The summed E-state index contributed by atoms with van der Waals surface area (Å²) >= 11 is 1.76. The van der Waals surface area contributed by atoms with Gasteiger partial charge in [-0.15, -0.1) is 0 Å². The highest BCUT2D eigenvalue weighted by atomic mass is 32.2. The van der Waals surface area contributed by atoms with Crippen LogP contribution in [0.15, 0.2) is 30.4 Å². The van der Waals surface area contributed by atoms with Crippen molar-refractivity contribution in [1.29, 1.82) is 0 Å². The Kier molecular flexibility index (Phi) is 19.4. The zero-order valence-electron chi connectivity index (χ0n) is 22.2. The normalized spacial score (nSPS) is 12.2. The second kappa shape index (κ2) is 21.6. The number of amides is 1. The van der Waals surface area contributed by atoms with Crippen LogP contribution in [-0.4, -0.2) is 35.7 Å². The number of phenolic OH excluding ortho intramolecular Hbond substituents is 1. The lowest BCUT2D eigenvalue weighted by Crippen LogP contribution is -2.42. The number of rotatable bonds is 22. The fraction of sp³-hybridized carbons (Fsp3) is 0.690. The van der Waals surface area contributed by atoms with E-state index in [2.05, 4.69) is 24.4 Å². The van der Waals surface area contributed by atoms with Gasteiger partial charge in [-0.3, -0.25) is 4.79 Å². The first-order valence-electron chi connectivity index (χ1n) is 13.7. The number of nitrogens with two attached hydrogens (primary N) is 1. The summed E-state index contributed by atoms with van der Waals surface area (Å²) in [4.78, 5) is 12.2. The number of phenols is 1. The maximum atomic E-state index is 12.2. The number of thioether (sulfide) groups is 1. The van der Waals surface area contributed by atoms with E-state index in [0.717, 1.165) is 11.3 Å². The Bertz CT molecular complexity index is 697. The van der Waals surface area contributed by atoms with E-state index in [9.17, 15) is 9.90 Å². The van der Waals surface area contributed by atoms with Gasteiger partial charge in [-0.25, -0.2) is 0 Å². The number of ether oxygens (including phenoxy) is 1. The predicted octanol–water partition coefficient (Wildman–Crippen LogP) is 7.12. The van der Waals surface area contributed by atoms with Crippen molar-refractivity contribution in [2.45, 2.75) is 109 Å². The molecule has 1 amide bonds. The van der Waals surface area contributed by atoms with Crippen LogP contribution in [0, 0.1) is 0 Å². The molecule has 0 aliphatic rings. The number of methoxy groups -OCH3 is 1. The van der Waals surface area contributed by atoms with Crippen molar-refractivity contribution in [2.75, 3.05) is 18.6 Å². The third-order valence-corrected chi connectivity index (χ3v) is 7.32. The molecule has 1 rings (SSSR count). The van der Waals surface area contributed by atoms with E-state index >= 15 is 0 Å². The number of carbonyl (C=O) groups excluding carboxylic acids is 1. The highest BCUT2D eigenvalue weighted by Crippen LogP contribution is 2.26. The van der Waals surface area contributed by atoms with E-state index in [0.29, 0.717) is 18.0 Å². The Hall–Kier alpha value is -1.66. The molecule has 200 valence electrons. The van der Waals surface area contributed by atoms with E-state index in [1.54, 1.807) is 30.0 Å². The highest BCUT2D eigenvalue weighted by Gasteiger charge is 2.13. The molecule has 0 saturated carbocycles. The molecule has 0 radical (unpaired) electrons. The number of hydrogen-bond donors (Lipinski definition) is 3. The lowest BCUT2D eigenvalue weighted by Gasteiger charge is -2.13. The van der Waals surface area contributed by atoms with Gasteiger partial charge in [0.2, 0.25) is 5.91 Å². The van der Waals surface area contributed by atoms with Crippen molar-refractivity contribution < 1.29 is 14.6 Å². The minimum Gasteiger partial charge on any atom is -0.504 e. The summed E-state index contributed by atoms with van der Waals surface area (Å²) in [7, 11) is 1.50. The molecule has 0 spiro atoms. The average Bonchev–Trinajstić information content (AvgIpc) is 2.87. The summed E-state index contributed by atoms with van der Waals surface area (Å²) in [5.41, 5.74) is 6.89. The summed E-state index contributed by atoms with van der Waals surface area (Å²) in [5, 5.41) is 12.5. The van der Waals surface area contributed by atoms with Crippen LogP contribution in [0.5, 0.6) is 11.5 Å². The Morgan fingerprint density at radius 2 is 1.60 bits per heavy atom. The van der Waals surface area contributed by atoms with Gasteiger partial charge in [-0.2, -0.15) is 11.8 Å². The molecule has 0 bridgehead atoms. The van der Waals surface area contributed by atoms with Crippen molar-refractivity contribution in [3.63, 3.8) is 0 Å². The first-order chi connectivity index (χ1) is 17.1. The van der Waals surface area contributed by atoms with Gasteiger partial charge in [0.15, 0.2) is 11.5 Å². The van der Waals surface area contributed by atoms with Gasteiger partial charge in [0.05, 0.1) is 13.2 Å². The molecule has 1 aromatic rings. The molecule has 0 aliphatic carbocycles. The third kappa shape index (κ3) is 16.6. The molecular formula is C29H50N2O3S. The van der Waals surface area contributed by atoms with Crippen LogP contribution in [0.4, 0.5) is 0 Å². The van der Waals surface area contributed by atoms with Crippen LogP contribution >= 0.6 is 11.8 Å². The molecule has 0 aromatic heterocycles. The lowest BCUT2D eigenvalue weighted by atomic mass is 10.1. The molecule has 0 unspecified atom stereocenters. The smallest absolute Gasteiger partial charge is 0.238 e. The molecule has 0 fully saturated rings. The van der Waals surface area contributed by atoms with Crippen LogP contribution in [0.3, 0.4) is 0 Å². The van der Waals surface area contributed by atoms with Crippen molar-refractivity contribution in [2.24, 2.45) is 5.73 Å². The largest absolute Gasteiger partial charge is 0.504 e. The predicted molar refractivity (Wildman–Crippen MR) is 151 cm³/mol. The second-order valence-electron chi connectivity index (χ2n) is 9.34. The first-order valence-corrected chi connectivity index (χ1v) is 14.9. The highest BCUT2D eigenvalue weighted by molar-refractivity contribution is 7.99. The van der Waals surface area contributed by atoms with E-state index < -0.39 is 6.04 Å². The van der Waals surface area contributed by atoms with Crippen LogP contribution < -0.4 is 15.8 Å². The molecule has 0 aliphatic heterocycles. The van der Waals surface area contributed by atoms with Crippen LogP contribution in [-0.2, 0) is 11.3 Å². The van der Waals surface area contributed by atoms with Gasteiger partial charge in [0.25, 0.3) is 0 Å². The number of aromatic hydroxyl groups is 1. The van der Waals surface area contributed by atoms with Gasteiger partial charge in [0.1, 0.15) is 0 Å². The van der Waals surface area contributed by atoms with Gasteiger partial charge in [-0.05, 0) is 55.6 Å². The summed E-state index contributed by atoms with van der Waals surface area (Å²) in [6, 6.07) is 4.52. The van der Waals surface area contributed by atoms with Crippen LogP contribution in [0.2, 0.25) is 0 Å². The van der Waals surface area contributed by atoms with Gasteiger partial charge < -0.3 is 20.9 Å². The summed E-state index contributed by atoms with van der Waals surface area (Å²) in [6.07, 6.45) is 23.2. The summed E-state index contributed by atoms with van der Waals surface area (Å²) < 4.78 is 5.09. The van der Waals surface area contributed by atoms with Gasteiger partial charge in [0, 0.05) is 12.3 Å².